The molecule has 110 valence electrons. The van der Waals surface area contributed by atoms with Crippen LogP contribution < -0.4 is 0 Å². The van der Waals surface area contributed by atoms with Gasteiger partial charge in [0.05, 0.1) is 22.5 Å². The number of rotatable bonds is 4. The Labute approximate surface area is 117 Å². The standard InChI is InChI=1S/C12H14O6S2/c1-2-9-3-5-10(6-4-9)20(16,17)18-12-8-19(14,15)7-11(12)13/h2-6,11-13H,1,7-8H2. The van der Waals surface area contributed by atoms with Crippen LogP contribution in [0.1, 0.15) is 5.56 Å². The second kappa shape index (κ2) is 5.28. The Morgan fingerprint density at radius 1 is 1.25 bits per heavy atom. The van der Waals surface area contributed by atoms with Gasteiger partial charge in [-0.2, -0.15) is 8.42 Å². The molecule has 1 saturated heterocycles. The summed E-state index contributed by atoms with van der Waals surface area (Å²) in [6.45, 7) is 3.55. The number of aliphatic hydroxyl groups is 1. The maximum Gasteiger partial charge on any atom is 0.297 e. The minimum absolute atomic E-state index is 0.0976. The van der Waals surface area contributed by atoms with Crippen LogP contribution in [0.5, 0.6) is 0 Å². The maximum absolute atomic E-state index is 12.0. The number of sulfone groups is 1. The molecule has 0 spiro atoms. The molecule has 2 unspecified atom stereocenters. The van der Waals surface area contributed by atoms with Gasteiger partial charge in [0.2, 0.25) is 0 Å². The van der Waals surface area contributed by atoms with Crippen molar-refractivity contribution in [3.63, 3.8) is 0 Å². The largest absolute Gasteiger partial charge is 0.389 e. The summed E-state index contributed by atoms with van der Waals surface area (Å²) in [5, 5.41) is 9.54. The van der Waals surface area contributed by atoms with E-state index in [1.807, 2.05) is 0 Å². The molecule has 20 heavy (non-hydrogen) atoms. The predicted octanol–water partition coefficient (Wildman–Crippen LogP) is 0.193. The van der Waals surface area contributed by atoms with Crippen LogP contribution in [-0.2, 0) is 24.1 Å². The molecule has 1 N–H and O–H groups in total. The van der Waals surface area contributed by atoms with Crippen LogP contribution in [-0.4, -0.2) is 45.7 Å². The lowest BCUT2D eigenvalue weighted by molar-refractivity contribution is 0.0780. The lowest BCUT2D eigenvalue weighted by Crippen LogP contribution is -2.29. The highest BCUT2D eigenvalue weighted by Crippen LogP contribution is 2.22. The van der Waals surface area contributed by atoms with E-state index in [4.69, 9.17) is 4.18 Å². The third-order valence-electron chi connectivity index (χ3n) is 2.93. The van der Waals surface area contributed by atoms with Crippen LogP contribution in [0.25, 0.3) is 6.08 Å². The van der Waals surface area contributed by atoms with E-state index in [1.165, 1.54) is 12.1 Å². The number of hydrogen-bond acceptors (Lipinski definition) is 6. The summed E-state index contributed by atoms with van der Waals surface area (Å²) in [4.78, 5) is -0.0976. The maximum atomic E-state index is 12.0. The van der Waals surface area contributed by atoms with Crippen LogP contribution in [0.15, 0.2) is 35.7 Å². The van der Waals surface area contributed by atoms with Crippen LogP contribution >= 0.6 is 0 Å². The highest BCUT2D eigenvalue weighted by Gasteiger charge is 2.40. The molecule has 1 aliphatic heterocycles. The van der Waals surface area contributed by atoms with Crippen molar-refractivity contribution in [3.05, 3.63) is 36.4 Å². The fourth-order valence-electron chi connectivity index (χ4n) is 1.88. The zero-order valence-corrected chi connectivity index (χ0v) is 12.1. The molecule has 1 aromatic carbocycles. The van der Waals surface area contributed by atoms with E-state index in [0.717, 1.165) is 5.56 Å². The smallest absolute Gasteiger partial charge is 0.297 e. The summed E-state index contributed by atoms with van der Waals surface area (Å²) in [5.41, 5.74) is 0.743. The Bertz CT molecular complexity index is 703. The predicted molar refractivity (Wildman–Crippen MR) is 73.3 cm³/mol. The quantitative estimate of drug-likeness (QED) is 0.796. The van der Waals surface area contributed by atoms with Crippen molar-refractivity contribution in [1.29, 1.82) is 0 Å². The monoisotopic (exact) mass is 318 g/mol. The molecule has 8 heteroatoms. The fourth-order valence-corrected chi connectivity index (χ4v) is 4.73. The van der Waals surface area contributed by atoms with Crippen molar-refractivity contribution in [1.82, 2.24) is 0 Å². The van der Waals surface area contributed by atoms with Crippen molar-refractivity contribution in [2.75, 3.05) is 11.5 Å². The molecule has 0 amide bonds. The van der Waals surface area contributed by atoms with Crippen LogP contribution in [0.4, 0.5) is 0 Å². The third-order valence-corrected chi connectivity index (χ3v) is 5.96. The molecular formula is C12H14O6S2. The van der Waals surface area contributed by atoms with E-state index in [-0.39, 0.29) is 4.90 Å². The Kier molecular flexibility index (Phi) is 4.01. The summed E-state index contributed by atoms with van der Waals surface area (Å²) in [6.07, 6.45) is -1.03. The fraction of sp³-hybridized carbons (Fsp3) is 0.333. The third kappa shape index (κ3) is 3.26. The van der Waals surface area contributed by atoms with Crippen LogP contribution in [0.2, 0.25) is 0 Å². The SMILES string of the molecule is C=Cc1ccc(S(=O)(=O)OC2CS(=O)(=O)CC2O)cc1. The molecule has 1 aromatic rings. The van der Waals surface area contributed by atoms with E-state index in [0.29, 0.717) is 0 Å². The summed E-state index contributed by atoms with van der Waals surface area (Å²) in [7, 11) is -7.57. The van der Waals surface area contributed by atoms with E-state index < -0.39 is 43.7 Å². The normalized spacial score (nSPS) is 25.4. The summed E-state index contributed by atoms with van der Waals surface area (Å²) < 4.78 is 51.4. The molecule has 2 rings (SSSR count). The minimum Gasteiger partial charge on any atom is -0.389 e. The first-order chi connectivity index (χ1) is 9.23. The first-order valence-corrected chi connectivity index (χ1v) is 9.01. The molecule has 2 atom stereocenters. The summed E-state index contributed by atoms with van der Waals surface area (Å²) >= 11 is 0. The van der Waals surface area contributed by atoms with Gasteiger partial charge in [0.1, 0.15) is 6.10 Å². The van der Waals surface area contributed by atoms with Crippen LogP contribution in [0.3, 0.4) is 0 Å². The number of aliphatic hydroxyl groups excluding tert-OH is 1. The molecule has 6 nitrogen and oxygen atoms in total. The molecule has 1 heterocycles. The molecule has 1 aliphatic rings. The van der Waals surface area contributed by atoms with Gasteiger partial charge >= 0.3 is 0 Å². The number of benzene rings is 1. The lowest BCUT2D eigenvalue weighted by atomic mass is 10.2. The van der Waals surface area contributed by atoms with Crippen LogP contribution in [0, 0.1) is 0 Å². The minimum atomic E-state index is -4.11. The molecule has 0 radical (unpaired) electrons. The average molecular weight is 318 g/mol. The van der Waals surface area contributed by atoms with Crippen molar-refractivity contribution < 1.29 is 26.1 Å². The average Bonchev–Trinajstić information content (AvgIpc) is 2.61. The van der Waals surface area contributed by atoms with E-state index in [1.54, 1.807) is 18.2 Å². The van der Waals surface area contributed by atoms with Gasteiger partial charge < -0.3 is 5.11 Å². The number of hydrogen-bond donors (Lipinski definition) is 1. The van der Waals surface area contributed by atoms with Gasteiger partial charge in [0.25, 0.3) is 10.1 Å². The molecule has 0 aromatic heterocycles. The van der Waals surface area contributed by atoms with Crippen molar-refractivity contribution >= 4 is 26.0 Å². The molecule has 0 aliphatic carbocycles. The van der Waals surface area contributed by atoms with Gasteiger partial charge in [0, 0.05) is 0 Å². The molecular weight excluding hydrogens is 304 g/mol. The second-order valence-corrected chi connectivity index (χ2v) is 8.23. The first kappa shape index (κ1) is 15.2. The summed E-state index contributed by atoms with van der Waals surface area (Å²) in [6, 6.07) is 5.76. The second-order valence-electron chi connectivity index (χ2n) is 4.51. The van der Waals surface area contributed by atoms with E-state index in [2.05, 4.69) is 6.58 Å². The van der Waals surface area contributed by atoms with Gasteiger partial charge in [-0.05, 0) is 17.7 Å². The Morgan fingerprint density at radius 3 is 2.30 bits per heavy atom. The Hall–Kier alpha value is -1.22. The topological polar surface area (TPSA) is 97.7 Å². The highest BCUT2D eigenvalue weighted by molar-refractivity contribution is 7.91. The Balaban J connectivity index is 2.21. The van der Waals surface area contributed by atoms with Gasteiger partial charge in [-0.15, -0.1) is 0 Å². The van der Waals surface area contributed by atoms with E-state index in [9.17, 15) is 21.9 Å². The Morgan fingerprint density at radius 2 is 1.85 bits per heavy atom. The molecule has 1 fully saturated rings. The van der Waals surface area contributed by atoms with Crippen molar-refractivity contribution in [3.8, 4) is 0 Å². The van der Waals surface area contributed by atoms with Crippen molar-refractivity contribution in [2.24, 2.45) is 0 Å². The highest BCUT2D eigenvalue weighted by atomic mass is 32.2. The van der Waals surface area contributed by atoms with Gasteiger partial charge in [-0.1, -0.05) is 24.8 Å². The lowest BCUT2D eigenvalue weighted by Gasteiger charge is -2.13. The molecule has 0 bridgehead atoms. The van der Waals surface area contributed by atoms with Crippen molar-refractivity contribution in [2.45, 2.75) is 17.1 Å². The van der Waals surface area contributed by atoms with Gasteiger partial charge in [0.15, 0.2) is 9.84 Å². The zero-order chi connectivity index (χ0) is 15.0. The van der Waals surface area contributed by atoms with Gasteiger partial charge in [-0.3, -0.25) is 4.18 Å². The molecule has 0 saturated carbocycles. The first-order valence-electron chi connectivity index (χ1n) is 5.78. The zero-order valence-electron chi connectivity index (χ0n) is 10.5. The summed E-state index contributed by atoms with van der Waals surface area (Å²) in [5.74, 6) is -0.985. The van der Waals surface area contributed by atoms with E-state index >= 15 is 0 Å². The van der Waals surface area contributed by atoms with Gasteiger partial charge in [-0.25, -0.2) is 8.42 Å².